The van der Waals surface area contributed by atoms with E-state index in [1.54, 1.807) is 12.0 Å². The number of carbonyl (C=O) groups is 2. The highest BCUT2D eigenvalue weighted by Gasteiger charge is 2.45. The first-order valence-electron chi connectivity index (χ1n) is 9.52. The first-order valence-corrected chi connectivity index (χ1v) is 9.52. The topological polar surface area (TPSA) is 78.9 Å². The highest BCUT2D eigenvalue weighted by molar-refractivity contribution is 5.93. The molecule has 1 heterocycles. The summed E-state index contributed by atoms with van der Waals surface area (Å²) < 4.78 is 5.20. The van der Waals surface area contributed by atoms with Crippen LogP contribution in [-0.2, 0) is 9.59 Å². The number of carbonyl (C=O) groups excluding carboxylic acids is 1. The number of carboxylic acid groups (broad SMARTS) is 1. The van der Waals surface area contributed by atoms with Gasteiger partial charge < -0.3 is 20.1 Å². The van der Waals surface area contributed by atoms with Crippen molar-refractivity contribution < 1.29 is 19.4 Å². The van der Waals surface area contributed by atoms with Gasteiger partial charge in [0.1, 0.15) is 17.3 Å². The van der Waals surface area contributed by atoms with Gasteiger partial charge in [0.25, 0.3) is 0 Å². The first kappa shape index (κ1) is 18.5. The van der Waals surface area contributed by atoms with Crippen molar-refractivity contribution in [2.75, 3.05) is 19.0 Å². The second-order valence-electron chi connectivity index (χ2n) is 7.34. The molecule has 1 amide bonds. The number of hydrogen-bond acceptors (Lipinski definition) is 4. The number of hydrogen-bond donors (Lipinski definition) is 2. The van der Waals surface area contributed by atoms with Crippen molar-refractivity contribution in [2.24, 2.45) is 0 Å². The molecule has 6 nitrogen and oxygen atoms in total. The van der Waals surface area contributed by atoms with Crippen LogP contribution in [-0.4, -0.2) is 47.1 Å². The van der Waals surface area contributed by atoms with E-state index in [1.165, 1.54) is 0 Å². The standard InChI is InChI=1S/C20H28N2O4/c1-26-16-10-8-15(9-11-16)21-20(12-4-2-5-13-20)19(25)22-14-6-3-7-17(22)18(23)24/h8-11,17,21H,2-7,12-14H2,1H3,(H,23,24)/t17-/m1/s1. The number of piperidine rings is 1. The Morgan fingerprint density at radius 1 is 1.12 bits per heavy atom. The molecule has 0 radical (unpaired) electrons. The molecule has 6 heteroatoms. The fourth-order valence-corrected chi connectivity index (χ4v) is 4.20. The van der Waals surface area contributed by atoms with Crippen LogP contribution in [0.15, 0.2) is 24.3 Å². The fourth-order valence-electron chi connectivity index (χ4n) is 4.20. The summed E-state index contributed by atoms with van der Waals surface area (Å²) in [5.41, 5.74) is 0.155. The number of likely N-dealkylation sites (tertiary alicyclic amines) is 1. The van der Waals surface area contributed by atoms with Crippen molar-refractivity contribution in [3.8, 4) is 5.75 Å². The SMILES string of the molecule is COc1ccc(NC2(C(=O)N3CCCC[C@@H]3C(=O)O)CCCCC2)cc1. The number of carboxylic acids is 1. The lowest BCUT2D eigenvalue weighted by Gasteiger charge is -2.44. The normalized spacial score (nSPS) is 22.5. The smallest absolute Gasteiger partial charge is 0.326 e. The molecule has 1 aromatic rings. The van der Waals surface area contributed by atoms with E-state index in [9.17, 15) is 14.7 Å². The van der Waals surface area contributed by atoms with E-state index in [-0.39, 0.29) is 5.91 Å². The molecular formula is C20H28N2O4. The molecule has 0 unspecified atom stereocenters. The van der Waals surface area contributed by atoms with Crippen LogP contribution in [0.4, 0.5) is 5.69 Å². The number of aliphatic carboxylic acids is 1. The molecule has 1 atom stereocenters. The molecule has 1 aliphatic carbocycles. The molecule has 1 aliphatic heterocycles. The lowest BCUT2D eigenvalue weighted by atomic mass is 9.79. The van der Waals surface area contributed by atoms with E-state index in [4.69, 9.17) is 4.74 Å². The average molecular weight is 360 g/mol. The van der Waals surface area contributed by atoms with Gasteiger partial charge in [-0.25, -0.2) is 4.79 Å². The van der Waals surface area contributed by atoms with Crippen LogP contribution in [0.25, 0.3) is 0 Å². The minimum absolute atomic E-state index is 0.0554. The van der Waals surface area contributed by atoms with Crippen molar-refractivity contribution in [2.45, 2.75) is 62.9 Å². The fraction of sp³-hybridized carbons (Fsp3) is 0.600. The van der Waals surface area contributed by atoms with E-state index < -0.39 is 17.6 Å². The number of nitrogens with zero attached hydrogens (tertiary/aromatic N) is 1. The van der Waals surface area contributed by atoms with E-state index >= 15 is 0 Å². The summed E-state index contributed by atoms with van der Waals surface area (Å²) in [7, 11) is 1.62. The molecule has 2 N–H and O–H groups in total. The molecule has 2 aliphatic rings. The predicted octanol–water partition coefficient (Wildman–Crippen LogP) is 3.28. The van der Waals surface area contributed by atoms with Crippen LogP contribution in [0.1, 0.15) is 51.4 Å². The number of benzene rings is 1. The second kappa shape index (κ2) is 7.98. The highest BCUT2D eigenvalue weighted by atomic mass is 16.5. The monoisotopic (exact) mass is 360 g/mol. The van der Waals surface area contributed by atoms with Crippen molar-refractivity contribution in [1.82, 2.24) is 4.90 Å². The van der Waals surface area contributed by atoms with Gasteiger partial charge >= 0.3 is 5.97 Å². The van der Waals surface area contributed by atoms with Crippen LogP contribution in [0, 0.1) is 0 Å². The van der Waals surface area contributed by atoms with E-state index in [1.807, 2.05) is 24.3 Å². The minimum atomic E-state index is -0.895. The molecule has 3 rings (SSSR count). The number of amides is 1. The molecule has 1 saturated heterocycles. The van der Waals surface area contributed by atoms with Crippen molar-refractivity contribution >= 4 is 17.6 Å². The Bertz CT molecular complexity index is 638. The zero-order valence-corrected chi connectivity index (χ0v) is 15.4. The largest absolute Gasteiger partial charge is 0.497 e. The Balaban J connectivity index is 1.85. The van der Waals surface area contributed by atoms with Crippen LogP contribution in [0.5, 0.6) is 5.75 Å². The zero-order valence-electron chi connectivity index (χ0n) is 15.4. The molecule has 142 valence electrons. The minimum Gasteiger partial charge on any atom is -0.497 e. The molecule has 1 aromatic carbocycles. The lowest BCUT2D eigenvalue weighted by Crippen LogP contribution is -2.60. The Morgan fingerprint density at radius 2 is 1.81 bits per heavy atom. The summed E-state index contributed by atoms with van der Waals surface area (Å²) in [6.07, 6.45) is 6.80. The summed E-state index contributed by atoms with van der Waals surface area (Å²) in [5.74, 6) is -0.185. The number of anilines is 1. The van der Waals surface area contributed by atoms with Crippen LogP contribution < -0.4 is 10.1 Å². The quantitative estimate of drug-likeness (QED) is 0.842. The Kier molecular flexibility index (Phi) is 5.69. The number of nitrogens with one attached hydrogen (secondary N) is 1. The van der Waals surface area contributed by atoms with E-state index in [0.29, 0.717) is 13.0 Å². The van der Waals surface area contributed by atoms with E-state index in [2.05, 4.69) is 5.32 Å². The van der Waals surface area contributed by atoms with Gasteiger partial charge in [0.2, 0.25) is 5.91 Å². The highest BCUT2D eigenvalue weighted by Crippen LogP contribution is 2.35. The van der Waals surface area contributed by atoms with Crippen molar-refractivity contribution in [1.29, 1.82) is 0 Å². The Hall–Kier alpha value is -2.24. The predicted molar refractivity (Wildman–Crippen MR) is 99.4 cm³/mol. The van der Waals surface area contributed by atoms with Crippen LogP contribution >= 0.6 is 0 Å². The molecular weight excluding hydrogens is 332 g/mol. The average Bonchev–Trinajstić information content (AvgIpc) is 2.68. The first-order chi connectivity index (χ1) is 12.6. The number of rotatable bonds is 5. The second-order valence-corrected chi connectivity index (χ2v) is 7.34. The summed E-state index contributed by atoms with van der Waals surface area (Å²) >= 11 is 0. The third-order valence-electron chi connectivity index (χ3n) is 5.64. The van der Waals surface area contributed by atoms with E-state index in [0.717, 1.165) is 56.4 Å². The van der Waals surface area contributed by atoms with Gasteiger partial charge in [-0.1, -0.05) is 19.3 Å². The van der Waals surface area contributed by atoms with Crippen molar-refractivity contribution in [3.63, 3.8) is 0 Å². The lowest BCUT2D eigenvalue weighted by molar-refractivity contribution is -0.154. The van der Waals surface area contributed by atoms with Crippen molar-refractivity contribution in [3.05, 3.63) is 24.3 Å². The van der Waals surface area contributed by atoms with Gasteiger partial charge in [-0.2, -0.15) is 0 Å². The van der Waals surface area contributed by atoms with Gasteiger partial charge in [0, 0.05) is 12.2 Å². The Morgan fingerprint density at radius 3 is 2.42 bits per heavy atom. The van der Waals surface area contributed by atoms with Gasteiger partial charge in [-0.3, -0.25) is 4.79 Å². The molecule has 26 heavy (non-hydrogen) atoms. The van der Waals surface area contributed by atoms with Gasteiger partial charge in [0.05, 0.1) is 7.11 Å². The number of methoxy groups -OCH3 is 1. The Labute approximate surface area is 154 Å². The van der Waals surface area contributed by atoms with Gasteiger partial charge in [-0.15, -0.1) is 0 Å². The van der Waals surface area contributed by atoms with Crippen LogP contribution in [0.3, 0.4) is 0 Å². The van der Waals surface area contributed by atoms with Gasteiger partial charge in [0.15, 0.2) is 0 Å². The van der Waals surface area contributed by atoms with Crippen LogP contribution in [0.2, 0.25) is 0 Å². The molecule has 2 fully saturated rings. The molecule has 0 bridgehead atoms. The zero-order chi connectivity index (χ0) is 18.6. The maximum absolute atomic E-state index is 13.5. The maximum atomic E-state index is 13.5. The third-order valence-corrected chi connectivity index (χ3v) is 5.64. The third kappa shape index (κ3) is 3.79. The summed E-state index contributed by atoms with van der Waals surface area (Å²) in [6.45, 7) is 0.530. The maximum Gasteiger partial charge on any atom is 0.326 e. The molecule has 0 aromatic heterocycles. The molecule has 0 spiro atoms. The number of ether oxygens (including phenoxy) is 1. The summed E-state index contributed by atoms with van der Waals surface area (Å²) in [6, 6.07) is 6.85. The molecule has 1 saturated carbocycles. The summed E-state index contributed by atoms with van der Waals surface area (Å²) in [5, 5.41) is 13.0. The van der Waals surface area contributed by atoms with Gasteiger partial charge in [-0.05, 0) is 56.4 Å². The summed E-state index contributed by atoms with van der Waals surface area (Å²) in [4.78, 5) is 26.8.